The number of carbonyl (C=O) groups excluding carboxylic acids is 2. The molecule has 0 atom stereocenters. The smallest absolute Gasteiger partial charge is 0.255 e. The van der Waals surface area contributed by atoms with Crippen molar-refractivity contribution < 1.29 is 9.59 Å². The van der Waals surface area contributed by atoms with Crippen molar-refractivity contribution >= 4 is 23.2 Å². The van der Waals surface area contributed by atoms with E-state index < -0.39 is 0 Å². The van der Waals surface area contributed by atoms with Gasteiger partial charge in [0.25, 0.3) is 5.91 Å². The Labute approximate surface area is 136 Å². The summed E-state index contributed by atoms with van der Waals surface area (Å²) in [6.45, 7) is 6.23. The molecule has 3 rings (SSSR count). The Morgan fingerprint density at radius 2 is 1.74 bits per heavy atom. The lowest BCUT2D eigenvalue weighted by Crippen LogP contribution is -2.25. The Bertz CT molecular complexity index is 776. The van der Waals surface area contributed by atoms with Crippen LogP contribution in [0.2, 0.25) is 0 Å². The number of amides is 2. The Morgan fingerprint density at radius 3 is 2.39 bits per heavy atom. The van der Waals surface area contributed by atoms with Gasteiger partial charge in [-0.1, -0.05) is 23.3 Å². The zero-order valence-corrected chi connectivity index (χ0v) is 13.6. The van der Waals surface area contributed by atoms with E-state index in [0.717, 1.165) is 28.8 Å². The van der Waals surface area contributed by atoms with Gasteiger partial charge >= 0.3 is 0 Å². The molecule has 0 radical (unpaired) electrons. The summed E-state index contributed by atoms with van der Waals surface area (Å²) >= 11 is 0. The summed E-state index contributed by atoms with van der Waals surface area (Å²) in [6, 6.07) is 11.5. The van der Waals surface area contributed by atoms with Crippen LogP contribution in [0.25, 0.3) is 0 Å². The third-order valence-corrected chi connectivity index (χ3v) is 4.10. The maximum Gasteiger partial charge on any atom is 0.255 e. The molecule has 0 spiro atoms. The average Bonchev–Trinajstić information content (AvgIpc) is 2.89. The molecule has 118 valence electrons. The van der Waals surface area contributed by atoms with Crippen molar-refractivity contribution in [1.82, 2.24) is 0 Å². The zero-order chi connectivity index (χ0) is 16.6. The molecule has 2 amide bonds. The van der Waals surface area contributed by atoms with E-state index in [4.69, 9.17) is 0 Å². The number of carbonyl (C=O) groups is 2. The molecule has 4 nitrogen and oxygen atoms in total. The minimum atomic E-state index is -0.135. The van der Waals surface area contributed by atoms with Gasteiger partial charge < -0.3 is 10.2 Å². The first kappa shape index (κ1) is 15.3. The van der Waals surface area contributed by atoms with Crippen molar-refractivity contribution in [3.05, 3.63) is 58.7 Å². The summed E-state index contributed by atoms with van der Waals surface area (Å²) in [5, 5.41) is 2.92. The molecule has 0 aromatic heterocycles. The molecule has 1 aliphatic heterocycles. The van der Waals surface area contributed by atoms with Gasteiger partial charge in [-0.3, -0.25) is 9.59 Å². The van der Waals surface area contributed by atoms with Gasteiger partial charge in [-0.2, -0.15) is 0 Å². The van der Waals surface area contributed by atoms with Gasteiger partial charge in [0.2, 0.25) is 5.91 Å². The fourth-order valence-electron chi connectivity index (χ4n) is 3.09. The Hall–Kier alpha value is -2.62. The average molecular weight is 308 g/mol. The Balaban J connectivity index is 1.85. The van der Waals surface area contributed by atoms with Crippen LogP contribution < -0.4 is 10.2 Å². The van der Waals surface area contributed by atoms with Crippen molar-refractivity contribution in [3.63, 3.8) is 0 Å². The number of nitrogens with one attached hydrogen (secondary N) is 1. The molecule has 1 heterocycles. The van der Waals surface area contributed by atoms with Gasteiger partial charge in [-0.15, -0.1) is 0 Å². The second-order valence-corrected chi connectivity index (χ2v) is 6.09. The van der Waals surface area contributed by atoms with Crippen LogP contribution in [0.1, 0.15) is 34.0 Å². The molecule has 0 aliphatic carbocycles. The first-order valence-corrected chi connectivity index (χ1v) is 7.75. The number of nitrogens with zero attached hydrogens (tertiary/aromatic N) is 1. The Morgan fingerprint density at radius 1 is 1.04 bits per heavy atom. The SMILES string of the molecule is CC(=O)N1CCc2ccc(NC(=O)c3cc(C)cc(C)c3)cc21. The number of aryl methyl sites for hydroxylation is 2. The van der Waals surface area contributed by atoms with Crippen LogP contribution in [-0.4, -0.2) is 18.4 Å². The zero-order valence-electron chi connectivity index (χ0n) is 13.6. The first-order chi connectivity index (χ1) is 10.9. The molecule has 0 saturated carbocycles. The summed E-state index contributed by atoms with van der Waals surface area (Å²) in [7, 11) is 0. The van der Waals surface area contributed by atoms with Crippen LogP contribution in [0, 0.1) is 13.8 Å². The number of rotatable bonds is 2. The van der Waals surface area contributed by atoms with Crippen LogP contribution in [0.5, 0.6) is 0 Å². The lowest BCUT2D eigenvalue weighted by atomic mass is 10.1. The normalized spacial score (nSPS) is 12.9. The third-order valence-electron chi connectivity index (χ3n) is 4.10. The molecule has 1 aliphatic rings. The standard InChI is InChI=1S/C19H20N2O2/c1-12-8-13(2)10-16(9-12)19(23)20-17-5-4-15-6-7-21(14(3)22)18(15)11-17/h4-5,8-11H,6-7H2,1-3H3,(H,20,23). The molecule has 4 heteroatoms. The van der Waals surface area contributed by atoms with Crippen LogP contribution in [0.15, 0.2) is 36.4 Å². The molecule has 1 N–H and O–H groups in total. The van der Waals surface area contributed by atoms with Crippen molar-refractivity contribution in [2.75, 3.05) is 16.8 Å². The van der Waals surface area contributed by atoms with Crippen LogP contribution in [0.3, 0.4) is 0 Å². The van der Waals surface area contributed by atoms with Gasteiger partial charge in [0.15, 0.2) is 0 Å². The van der Waals surface area contributed by atoms with Gasteiger partial charge in [-0.25, -0.2) is 0 Å². The molecule has 0 saturated heterocycles. The van der Waals surface area contributed by atoms with Gasteiger partial charge in [0.05, 0.1) is 0 Å². The quantitative estimate of drug-likeness (QED) is 0.923. The van der Waals surface area contributed by atoms with Crippen molar-refractivity contribution in [2.45, 2.75) is 27.2 Å². The number of hydrogen-bond donors (Lipinski definition) is 1. The van der Waals surface area contributed by atoms with E-state index in [-0.39, 0.29) is 11.8 Å². The molecule has 0 bridgehead atoms. The fourth-order valence-corrected chi connectivity index (χ4v) is 3.09. The van der Waals surface area contributed by atoms with E-state index in [1.807, 2.05) is 50.2 Å². The lowest BCUT2D eigenvalue weighted by molar-refractivity contribution is -0.116. The predicted octanol–water partition coefficient (Wildman–Crippen LogP) is 3.46. The molecular weight excluding hydrogens is 288 g/mol. The van der Waals surface area contributed by atoms with E-state index >= 15 is 0 Å². The lowest BCUT2D eigenvalue weighted by Gasteiger charge is -2.16. The molecule has 2 aromatic carbocycles. The van der Waals surface area contributed by atoms with Crippen LogP contribution >= 0.6 is 0 Å². The topological polar surface area (TPSA) is 49.4 Å². The minimum Gasteiger partial charge on any atom is -0.322 e. The van der Waals surface area contributed by atoms with E-state index in [0.29, 0.717) is 17.8 Å². The molecule has 0 unspecified atom stereocenters. The maximum atomic E-state index is 12.4. The third kappa shape index (κ3) is 3.11. The van der Waals surface area contributed by atoms with Crippen LogP contribution in [-0.2, 0) is 11.2 Å². The molecule has 23 heavy (non-hydrogen) atoms. The maximum absolute atomic E-state index is 12.4. The second kappa shape index (κ2) is 5.88. The summed E-state index contributed by atoms with van der Waals surface area (Å²) in [5.41, 5.74) is 5.52. The van der Waals surface area contributed by atoms with E-state index in [2.05, 4.69) is 5.32 Å². The highest BCUT2D eigenvalue weighted by molar-refractivity contribution is 6.05. The largest absolute Gasteiger partial charge is 0.322 e. The molecular formula is C19H20N2O2. The van der Waals surface area contributed by atoms with Crippen molar-refractivity contribution in [2.24, 2.45) is 0 Å². The summed E-state index contributed by atoms with van der Waals surface area (Å²) < 4.78 is 0. The minimum absolute atomic E-state index is 0.0292. The first-order valence-electron chi connectivity index (χ1n) is 7.75. The number of fused-ring (bicyclic) bond motifs is 1. The Kier molecular flexibility index (Phi) is 3.90. The van der Waals surface area contributed by atoms with Gasteiger partial charge in [0, 0.05) is 30.4 Å². The highest BCUT2D eigenvalue weighted by Crippen LogP contribution is 2.31. The summed E-state index contributed by atoms with van der Waals surface area (Å²) in [6.07, 6.45) is 0.861. The van der Waals surface area contributed by atoms with E-state index in [9.17, 15) is 9.59 Å². The van der Waals surface area contributed by atoms with E-state index in [1.54, 1.807) is 11.8 Å². The monoisotopic (exact) mass is 308 g/mol. The summed E-state index contributed by atoms with van der Waals surface area (Å²) in [4.78, 5) is 25.9. The molecule has 2 aromatic rings. The van der Waals surface area contributed by atoms with Crippen molar-refractivity contribution in [3.8, 4) is 0 Å². The van der Waals surface area contributed by atoms with Crippen molar-refractivity contribution in [1.29, 1.82) is 0 Å². The highest BCUT2D eigenvalue weighted by Gasteiger charge is 2.22. The predicted molar refractivity (Wildman–Crippen MR) is 92.0 cm³/mol. The number of benzene rings is 2. The van der Waals surface area contributed by atoms with Crippen LogP contribution in [0.4, 0.5) is 11.4 Å². The van der Waals surface area contributed by atoms with Gasteiger partial charge in [-0.05, 0) is 50.1 Å². The fraction of sp³-hybridized carbons (Fsp3) is 0.263. The molecule has 0 fully saturated rings. The highest BCUT2D eigenvalue weighted by atomic mass is 16.2. The summed E-state index contributed by atoms with van der Waals surface area (Å²) in [5.74, 6) is -0.106. The second-order valence-electron chi connectivity index (χ2n) is 6.09. The number of anilines is 2. The van der Waals surface area contributed by atoms with Gasteiger partial charge in [0.1, 0.15) is 0 Å². The van der Waals surface area contributed by atoms with E-state index in [1.165, 1.54) is 0 Å². The number of hydrogen-bond acceptors (Lipinski definition) is 2.